The Hall–Kier alpha value is -0.860. The van der Waals surface area contributed by atoms with Gasteiger partial charge in [-0.2, -0.15) is 0 Å². The highest BCUT2D eigenvalue weighted by Crippen LogP contribution is 2.53. The predicted octanol–water partition coefficient (Wildman–Crippen LogP) is 2.91. The van der Waals surface area contributed by atoms with Crippen molar-refractivity contribution < 1.29 is 4.74 Å². The number of benzene rings is 1. The van der Waals surface area contributed by atoms with Gasteiger partial charge in [-0.3, -0.25) is 4.90 Å². The number of hydrogen-bond acceptors (Lipinski definition) is 2. The molecule has 2 aliphatic rings. The summed E-state index contributed by atoms with van der Waals surface area (Å²) in [4.78, 5) is 2.65. The van der Waals surface area contributed by atoms with E-state index in [4.69, 9.17) is 4.74 Å². The summed E-state index contributed by atoms with van der Waals surface area (Å²) in [5.74, 6) is 0. The van der Waals surface area contributed by atoms with Crippen molar-refractivity contribution in [2.45, 2.75) is 37.9 Å². The smallest absolute Gasteiger partial charge is 0.0615 e. The number of nitrogens with zero attached hydrogens (tertiary/aromatic N) is 1. The number of rotatable bonds is 3. The van der Waals surface area contributed by atoms with Gasteiger partial charge in [-0.25, -0.2) is 0 Å². The molecule has 0 N–H and O–H groups in total. The highest BCUT2D eigenvalue weighted by molar-refractivity contribution is 5.40. The second-order valence-electron chi connectivity index (χ2n) is 4.99. The Morgan fingerprint density at radius 2 is 1.81 bits per heavy atom. The van der Waals surface area contributed by atoms with Gasteiger partial charge in [-0.15, -0.1) is 0 Å². The molecule has 0 saturated carbocycles. The molecule has 0 aromatic heterocycles. The molecule has 3 atom stereocenters. The quantitative estimate of drug-likeness (QED) is 0.772. The van der Waals surface area contributed by atoms with Crippen LogP contribution in [0.1, 0.15) is 43.0 Å². The first-order chi connectivity index (χ1) is 7.83. The summed E-state index contributed by atoms with van der Waals surface area (Å²) in [6, 6.07) is 10.7. The van der Waals surface area contributed by atoms with Crippen molar-refractivity contribution in [3.05, 3.63) is 35.4 Å². The molecule has 0 spiro atoms. The molecule has 2 aliphatic heterocycles. The zero-order chi connectivity index (χ0) is 11.1. The van der Waals surface area contributed by atoms with Crippen LogP contribution >= 0.6 is 0 Å². The van der Waals surface area contributed by atoms with E-state index >= 15 is 0 Å². The van der Waals surface area contributed by atoms with Gasteiger partial charge in [-0.1, -0.05) is 24.3 Å². The lowest BCUT2D eigenvalue weighted by Gasteiger charge is -2.28. The van der Waals surface area contributed by atoms with Gasteiger partial charge in [0.25, 0.3) is 0 Å². The molecule has 1 saturated heterocycles. The normalized spacial score (nSPS) is 29.4. The maximum atomic E-state index is 5.30. The van der Waals surface area contributed by atoms with Crippen molar-refractivity contribution in [2.75, 3.05) is 13.7 Å². The second-order valence-corrected chi connectivity index (χ2v) is 4.99. The molecule has 16 heavy (non-hydrogen) atoms. The molecule has 3 rings (SSSR count). The van der Waals surface area contributed by atoms with Gasteiger partial charge in [0.2, 0.25) is 0 Å². The molecule has 2 nitrogen and oxygen atoms in total. The lowest BCUT2D eigenvalue weighted by Crippen LogP contribution is -2.33. The third-order valence-electron chi connectivity index (χ3n) is 4.06. The van der Waals surface area contributed by atoms with Gasteiger partial charge in [0.1, 0.15) is 0 Å². The molecule has 1 fully saturated rings. The molecule has 2 heteroatoms. The lowest BCUT2D eigenvalue weighted by molar-refractivity contribution is 0.0764. The van der Waals surface area contributed by atoms with Crippen molar-refractivity contribution in [3.8, 4) is 0 Å². The van der Waals surface area contributed by atoms with Crippen LogP contribution in [0.15, 0.2) is 24.3 Å². The fraction of sp³-hybridized carbons (Fsp3) is 0.571. The van der Waals surface area contributed by atoms with Gasteiger partial charge in [0.05, 0.1) is 6.61 Å². The van der Waals surface area contributed by atoms with E-state index in [-0.39, 0.29) is 0 Å². The van der Waals surface area contributed by atoms with E-state index in [1.54, 1.807) is 18.2 Å². The number of hydrogen-bond donors (Lipinski definition) is 0. The van der Waals surface area contributed by atoms with Crippen LogP contribution < -0.4 is 0 Å². The fourth-order valence-corrected chi connectivity index (χ4v) is 3.52. The average molecular weight is 217 g/mol. The van der Waals surface area contributed by atoms with E-state index in [0.717, 1.165) is 6.61 Å². The van der Waals surface area contributed by atoms with Crippen molar-refractivity contribution in [3.63, 3.8) is 0 Å². The van der Waals surface area contributed by atoms with E-state index in [0.29, 0.717) is 18.1 Å². The monoisotopic (exact) mass is 217 g/mol. The highest BCUT2D eigenvalue weighted by Gasteiger charge is 2.45. The van der Waals surface area contributed by atoms with E-state index in [9.17, 15) is 0 Å². The molecule has 0 aliphatic carbocycles. The summed E-state index contributed by atoms with van der Waals surface area (Å²) in [6.45, 7) is 3.11. The lowest BCUT2D eigenvalue weighted by atomic mass is 9.92. The van der Waals surface area contributed by atoms with Gasteiger partial charge in [0.15, 0.2) is 0 Å². The zero-order valence-electron chi connectivity index (χ0n) is 10.0. The minimum atomic E-state index is 0.523. The minimum absolute atomic E-state index is 0.523. The molecular weight excluding hydrogens is 198 g/mol. The molecule has 1 aromatic rings. The summed E-state index contributed by atoms with van der Waals surface area (Å²) in [5.41, 5.74) is 3.11. The van der Waals surface area contributed by atoms with Crippen LogP contribution in [-0.4, -0.2) is 24.7 Å². The number of ether oxygens (including phenoxy) is 1. The van der Waals surface area contributed by atoms with Gasteiger partial charge in [0, 0.05) is 25.2 Å². The maximum absolute atomic E-state index is 5.30. The molecule has 1 aromatic carbocycles. The SMILES string of the molecule is COCC(C)N1C2CCC1c1ccccc12. The molecule has 0 radical (unpaired) electrons. The molecular formula is C14H19NO. The summed E-state index contributed by atoms with van der Waals surface area (Å²) >= 11 is 0. The van der Waals surface area contributed by atoms with E-state index < -0.39 is 0 Å². The summed E-state index contributed by atoms with van der Waals surface area (Å²) in [7, 11) is 1.79. The standard InChI is InChI=1S/C14H19NO/c1-10(9-16-2)15-13-7-8-14(15)12-6-4-3-5-11(12)13/h3-6,10,13-14H,7-9H2,1-2H3. The van der Waals surface area contributed by atoms with Crippen molar-refractivity contribution in [1.29, 1.82) is 0 Å². The van der Waals surface area contributed by atoms with Crippen LogP contribution in [0, 0.1) is 0 Å². The molecule has 0 amide bonds. The second kappa shape index (κ2) is 3.86. The van der Waals surface area contributed by atoms with E-state index in [1.807, 2.05) is 0 Å². The first-order valence-electron chi connectivity index (χ1n) is 6.18. The summed E-state index contributed by atoms with van der Waals surface area (Å²) < 4.78 is 5.30. The molecule has 2 bridgehead atoms. The Morgan fingerprint density at radius 1 is 1.25 bits per heavy atom. The van der Waals surface area contributed by atoms with Crippen molar-refractivity contribution >= 4 is 0 Å². The zero-order valence-corrected chi connectivity index (χ0v) is 10.0. The minimum Gasteiger partial charge on any atom is -0.383 e. The fourth-order valence-electron chi connectivity index (χ4n) is 3.52. The third-order valence-corrected chi connectivity index (χ3v) is 4.06. The third kappa shape index (κ3) is 1.33. The Balaban J connectivity index is 1.92. The first kappa shape index (κ1) is 10.3. The Morgan fingerprint density at radius 3 is 2.31 bits per heavy atom. The number of methoxy groups -OCH3 is 1. The summed E-state index contributed by atoms with van der Waals surface area (Å²) in [6.07, 6.45) is 2.63. The predicted molar refractivity (Wildman–Crippen MR) is 64.3 cm³/mol. The molecule has 2 heterocycles. The Bertz CT molecular complexity index is 359. The van der Waals surface area contributed by atoms with Crippen LogP contribution in [0.25, 0.3) is 0 Å². The maximum Gasteiger partial charge on any atom is 0.0615 e. The summed E-state index contributed by atoms with van der Waals surface area (Å²) in [5, 5.41) is 0. The largest absolute Gasteiger partial charge is 0.383 e. The van der Waals surface area contributed by atoms with Gasteiger partial charge >= 0.3 is 0 Å². The van der Waals surface area contributed by atoms with Crippen molar-refractivity contribution in [1.82, 2.24) is 4.90 Å². The van der Waals surface area contributed by atoms with E-state index in [1.165, 1.54) is 12.8 Å². The van der Waals surface area contributed by atoms with E-state index in [2.05, 4.69) is 36.1 Å². The topological polar surface area (TPSA) is 12.5 Å². The Labute approximate surface area is 97.2 Å². The molecule has 3 unspecified atom stereocenters. The van der Waals surface area contributed by atoms with Crippen molar-refractivity contribution in [2.24, 2.45) is 0 Å². The average Bonchev–Trinajstić information content (AvgIpc) is 2.86. The first-order valence-corrected chi connectivity index (χ1v) is 6.18. The van der Waals surface area contributed by atoms with Crippen LogP contribution in [0.5, 0.6) is 0 Å². The van der Waals surface area contributed by atoms with Crippen LogP contribution in [0.3, 0.4) is 0 Å². The van der Waals surface area contributed by atoms with Crippen LogP contribution in [0.2, 0.25) is 0 Å². The Kier molecular flexibility index (Phi) is 2.49. The van der Waals surface area contributed by atoms with Gasteiger partial charge < -0.3 is 4.74 Å². The van der Waals surface area contributed by atoms with Crippen LogP contribution in [0.4, 0.5) is 0 Å². The van der Waals surface area contributed by atoms with Gasteiger partial charge in [-0.05, 0) is 30.9 Å². The van der Waals surface area contributed by atoms with Crippen LogP contribution in [-0.2, 0) is 4.74 Å². The highest BCUT2D eigenvalue weighted by atomic mass is 16.5. The molecule has 86 valence electrons. The number of fused-ring (bicyclic) bond motifs is 5.